The van der Waals surface area contributed by atoms with Gasteiger partial charge in [-0.1, -0.05) is 10.1 Å². The Morgan fingerprint density at radius 3 is 2.36 bits per heavy atom. The smallest absolute Gasteiger partial charge is 0.0137 e. The van der Waals surface area contributed by atoms with E-state index in [4.69, 9.17) is 0 Å². The largest absolute Gasteiger partial charge is 0.309 e. The van der Waals surface area contributed by atoms with Crippen molar-refractivity contribution in [2.24, 2.45) is 0 Å². The van der Waals surface area contributed by atoms with E-state index in [1.807, 2.05) is 14.1 Å². The minimum absolute atomic E-state index is 0.793. The number of thiol groups is 1. The maximum absolute atomic E-state index is 11.4. The van der Waals surface area contributed by atoms with Gasteiger partial charge in [0.1, 0.15) is 0 Å². The summed E-state index contributed by atoms with van der Waals surface area (Å²) >= 11 is 0. The van der Waals surface area contributed by atoms with Crippen molar-refractivity contribution in [1.82, 2.24) is 9.62 Å². The van der Waals surface area contributed by atoms with Crippen LogP contribution in [0.5, 0.6) is 0 Å². The molecule has 0 saturated heterocycles. The summed E-state index contributed by atoms with van der Waals surface area (Å²) in [7, 11) is 3.81. The third kappa shape index (κ3) is 6.47. The van der Waals surface area contributed by atoms with Gasteiger partial charge in [0.25, 0.3) is 0 Å². The van der Waals surface area contributed by atoms with Crippen LogP contribution in [-0.2, 0) is 10.1 Å². The van der Waals surface area contributed by atoms with Gasteiger partial charge in [-0.25, -0.2) is 0 Å². The van der Waals surface area contributed by atoms with Crippen molar-refractivity contribution in [2.45, 2.75) is 6.42 Å². The fraction of sp³-hybridized carbons (Fsp3) is 1.00. The predicted octanol–water partition coefficient (Wildman–Crippen LogP) is -0.281. The second-order valence-electron chi connectivity index (χ2n) is 3.20. The quantitative estimate of drug-likeness (QED) is 0.570. The fourth-order valence-electron chi connectivity index (χ4n) is 0.800. The van der Waals surface area contributed by atoms with Crippen LogP contribution in [0.3, 0.4) is 0 Å². The van der Waals surface area contributed by atoms with Crippen LogP contribution in [0, 0.1) is 0 Å². The van der Waals surface area contributed by atoms with E-state index in [0.717, 1.165) is 18.7 Å². The highest BCUT2D eigenvalue weighted by Crippen LogP contribution is 1.95. The highest BCUT2D eigenvalue weighted by atomic mass is 32.3. The van der Waals surface area contributed by atoms with Crippen molar-refractivity contribution in [2.75, 3.05) is 39.7 Å². The van der Waals surface area contributed by atoms with Crippen molar-refractivity contribution in [1.29, 1.82) is 0 Å². The van der Waals surface area contributed by atoms with E-state index < -0.39 is 10.1 Å². The second-order valence-corrected chi connectivity index (χ2v) is 6.30. The summed E-state index contributed by atoms with van der Waals surface area (Å²) in [5.74, 6) is 0.793. The Kier molecular flexibility index (Phi) is 4.88. The summed E-state index contributed by atoms with van der Waals surface area (Å²) in [6.07, 6.45) is 2.80. The first kappa shape index (κ1) is 11.1. The molecule has 0 aliphatic carbocycles. The molecule has 0 saturated carbocycles. The van der Waals surface area contributed by atoms with Gasteiger partial charge >= 0.3 is 0 Å². The Morgan fingerprint density at radius 2 is 2.00 bits per heavy atom. The van der Waals surface area contributed by atoms with Gasteiger partial charge in [0, 0.05) is 12.0 Å². The number of hydrogen-bond donors (Lipinski definition) is 2. The van der Waals surface area contributed by atoms with Crippen LogP contribution in [0.2, 0.25) is 0 Å². The van der Waals surface area contributed by atoms with Crippen LogP contribution in [0.25, 0.3) is 0 Å². The first-order valence-corrected chi connectivity index (χ1v) is 6.22. The topological polar surface area (TPSA) is 32.3 Å². The summed E-state index contributed by atoms with van der Waals surface area (Å²) < 4.78 is 14.3. The van der Waals surface area contributed by atoms with Crippen LogP contribution in [0.4, 0.5) is 0 Å². The van der Waals surface area contributed by atoms with Gasteiger partial charge in [0.05, 0.1) is 0 Å². The summed E-state index contributed by atoms with van der Waals surface area (Å²) in [6.45, 7) is 1.01. The molecule has 3 nitrogen and oxygen atoms in total. The van der Waals surface area contributed by atoms with E-state index >= 15 is 0 Å². The highest BCUT2D eigenvalue weighted by Gasteiger charge is 2.03. The van der Waals surface area contributed by atoms with Crippen molar-refractivity contribution in [3.8, 4) is 0 Å². The lowest BCUT2D eigenvalue weighted by Crippen LogP contribution is -2.30. The van der Waals surface area contributed by atoms with Crippen LogP contribution in [0.1, 0.15) is 6.42 Å². The molecule has 1 N–H and O–H groups in total. The van der Waals surface area contributed by atoms with Gasteiger partial charge in [0.2, 0.25) is 0 Å². The molecule has 0 aliphatic rings. The number of nitrogens with zero attached hydrogens (tertiary/aromatic N) is 1. The minimum atomic E-state index is -2.01. The molecular weight excluding hydrogens is 160 g/mol. The minimum Gasteiger partial charge on any atom is -0.309 e. The van der Waals surface area contributed by atoms with Crippen LogP contribution < -0.4 is 4.72 Å². The van der Waals surface area contributed by atoms with Crippen LogP contribution in [-0.4, -0.2) is 48.8 Å². The van der Waals surface area contributed by atoms with Gasteiger partial charge in [-0.15, -0.1) is 0 Å². The molecule has 0 aromatic rings. The first-order valence-electron chi connectivity index (χ1n) is 3.88. The zero-order valence-electron chi connectivity index (χ0n) is 7.92. The Hall–Kier alpha value is 0.0700. The lowest BCUT2D eigenvalue weighted by molar-refractivity contribution is 0.409. The Morgan fingerprint density at radius 1 is 1.45 bits per heavy atom. The van der Waals surface area contributed by atoms with Crippen molar-refractivity contribution < 1.29 is 4.21 Å². The number of hydrogen-bond acceptors (Lipinski definition) is 2. The average molecular weight is 180 g/mol. The van der Waals surface area contributed by atoms with Gasteiger partial charge in [0.15, 0.2) is 0 Å². The molecule has 0 amide bonds. The van der Waals surface area contributed by atoms with Crippen molar-refractivity contribution in [3.63, 3.8) is 0 Å². The third-order valence-corrected chi connectivity index (χ3v) is 3.78. The predicted molar refractivity (Wildman–Crippen MR) is 52.6 cm³/mol. The maximum Gasteiger partial charge on any atom is 0.0137 e. The molecule has 4 heteroatoms. The standard InChI is InChI=1S/C7H20N2OS/c1-8-11(4,10)7-5-6-9(2)3/h11H,5-7H2,1-4H3,(H,8,10). The maximum atomic E-state index is 11.4. The van der Waals surface area contributed by atoms with E-state index in [-0.39, 0.29) is 0 Å². The fourth-order valence-corrected chi connectivity index (χ4v) is 1.77. The molecule has 0 aromatic heterocycles. The summed E-state index contributed by atoms with van der Waals surface area (Å²) in [6, 6.07) is 0. The normalized spacial score (nSPS) is 13.9. The monoisotopic (exact) mass is 180 g/mol. The number of nitrogens with one attached hydrogen (secondary N) is 1. The molecule has 0 unspecified atom stereocenters. The van der Waals surface area contributed by atoms with Gasteiger partial charge in [-0.05, 0) is 34.1 Å². The molecule has 11 heavy (non-hydrogen) atoms. The van der Waals surface area contributed by atoms with Crippen molar-refractivity contribution in [3.05, 3.63) is 0 Å². The molecule has 70 valence electrons. The molecule has 0 aromatic carbocycles. The average Bonchev–Trinajstić information content (AvgIpc) is 1.87. The molecular formula is C7H20N2OS. The summed E-state index contributed by atoms with van der Waals surface area (Å²) in [4.78, 5) is 2.11. The summed E-state index contributed by atoms with van der Waals surface area (Å²) in [5, 5.41) is 0. The lowest BCUT2D eigenvalue weighted by atomic mass is 10.5. The zero-order chi connectivity index (χ0) is 8.91. The highest BCUT2D eigenvalue weighted by molar-refractivity contribution is 8.00. The molecule has 0 spiro atoms. The van der Waals surface area contributed by atoms with Crippen LogP contribution in [0.15, 0.2) is 0 Å². The zero-order valence-corrected chi connectivity index (χ0v) is 8.82. The van der Waals surface area contributed by atoms with Gasteiger partial charge < -0.3 is 4.90 Å². The molecule has 0 aliphatic heterocycles. The van der Waals surface area contributed by atoms with E-state index in [1.54, 1.807) is 13.3 Å². The molecule has 0 fully saturated rings. The summed E-state index contributed by atoms with van der Waals surface area (Å²) in [5.41, 5.74) is 0. The Bertz CT molecular complexity index is 147. The van der Waals surface area contributed by atoms with E-state index in [9.17, 15) is 4.21 Å². The molecule has 0 radical (unpaired) electrons. The van der Waals surface area contributed by atoms with E-state index in [0.29, 0.717) is 0 Å². The molecule has 0 heterocycles. The van der Waals surface area contributed by atoms with Crippen LogP contribution >= 0.6 is 0 Å². The SMILES string of the molecule is CN[SH](C)(=O)CCCN(C)C. The molecule has 0 atom stereocenters. The molecule has 0 rings (SSSR count). The van der Waals surface area contributed by atoms with Gasteiger partial charge in [-0.2, -0.15) is 0 Å². The Balaban J connectivity index is 3.46. The third-order valence-electron chi connectivity index (χ3n) is 1.66. The number of rotatable bonds is 5. The van der Waals surface area contributed by atoms with Gasteiger partial charge in [-0.3, -0.25) is 8.93 Å². The first-order chi connectivity index (χ1) is 4.98. The van der Waals surface area contributed by atoms with E-state index in [1.165, 1.54) is 0 Å². The van der Waals surface area contributed by atoms with Crippen molar-refractivity contribution >= 4 is 10.1 Å². The van der Waals surface area contributed by atoms with E-state index in [2.05, 4.69) is 9.62 Å². The Labute approximate surface area is 70.7 Å². The second kappa shape index (κ2) is 4.85. The lowest BCUT2D eigenvalue weighted by Gasteiger charge is -2.18. The molecule has 0 bridgehead atoms.